The number of nitro benzene ring substituents is 1. The van der Waals surface area contributed by atoms with Crippen molar-refractivity contribution in [2.75, 3.05) is 0 Å². The first-order valence-electron chi connectivity index (χ1n) is 10.3. The van der Waals surface area contributed by atoms with Crippen LogP contribution >= 0.6 is 0 Å². The van der Waals surface area contributed by atoms with Gasteiger partial charge >= 0.3 is 0 Å². The first-order valence-corrected chi connectivity index (χ1v) is 10.3. The van der Waals surface area contributed by atoms with E-state index in [1.807, 2.05) is 42.5 Å². The van der Waals surface area contributed by atoms with Crippen LogP contribution in [-0.4, -0.2) is 24.9 Å². The van der Waals surface area contributed by atoms with E-state index < -0.39 is 4.92 Å². The van der Waals surface area contributed by atoms with Crippen molar-refractivity contribution in [1.82, 2.24) is 19.9 Å². The summed E-state index contributed by atoms with van der Waals surface area (Å²) in [6.45, 7) is 0. The van der Waals surface area contributed by atoms with Crippen LogP contribution in [0.1, 0.15) is 22.8 Å². The van der Waals surface area contributed by atoms with Crippen LogP contribution in [0.4, 0.5) is 5.69 Å². The first kappa shape index (κ1) is 22.9. The van der Waals surface area contributed by atoms with Crippen molar-refractivity contribution in [2.24, 2.45) is 0 Å². The molecular weight excluding hydrogens is 470 g/mol. The van der Waals surface area contributed by atoms with E-state index in [4.69, 9.17) is 0 Å². The van der Waals surface area contributed by atoms with Crippen molar-refractivity contribution < 1.29 is 22.0 Å². The molecule has 168 valence electrons. The molecule has 0 amide bonds. The summed E-state index contributed by atoms with van der Waals surface area (Å²) in [5, 5.41) is 10.0. The number of fused-ring (bicyclic) bond motifs is 8. The van der Waals surface area contributed by atoms with Crippen molar-refractivity contribution >= 4 is 52.1 Å². The van der Waals surface area contributed by atoms with Crippen molar-refractivity contribution in [3.63, 3.8) is 0 Å². The molecule has 0 saturated heterocycles. The number of nitro groups is 1. The van der Waals surface area contributed by atoms with Gasteiger partial charge in [-0.15, -0.1) is 0 Å². The van der Waals surface area contributed by atoms with Gasteiger partial charge in [-0.05, 0) is 72.8 Å². The van der Waals surface area contributed by atoms with Crippen LogP contribution in [0.15, 0.2) is 78.9 Å². The molecule has 2 aliphatic rings. The summed E-state index contributed by atoms with van der Waals surface area (Å²) < 4.78 is 0. The Morgan fingerprint density at radius 3 is 1.41 bits per heavy atom. The minimum atomic E-state index is -0.417. The predicted octanol–water partition coefficient (Wildman–Crippen LogP) is 6.25. The van der Waals surface area contributed by atoms with Crippen LogP contribution in [0.5, 0.6) is 0 Å². The fraction of sp³-hybridized carbons (Fsp3) is 0. The molecule has 8 heteroatoms. The van der Waals surface area contributed by atoms with Gasteiger partial charge in [-0.2, -0.15) is 0 Å². The summed E-state index contributed by atoms with van der Waals surface area (Å²) in [4.78, 5) is 25.6. The van der Waals surface area contributed by atoms with E-state index in [1.54, 1.807) is 18.2 Å². The van der Waals surface area contributed by atoms with Gasteiger partial charge in [-0.1, -0.05) is 18.2 Å². The van der Waals surface area contributed by atoms with Crippen molar-refractivity contribution in [3.8, 4) is 0 Å². The first-order chi connectivity index (χ1) is 16.1. The molecule has 0 fully saturated rings. The molecule has 1 aromatic carbocycles. The van der Waals surface area contributed by atoms with E-state index in [9.17, 15) is 10.1 Å². The van der Waals surface area contributed by atoms with Crippen molar-refractivity contribution in [3.05, 3.63) is 112 Å². The van der Waals surface area contributed by atoms with Gasteiger partial charge in [-0.25, -0.2) is 9.97 Å². The maximum atomic E-state index is 10.0. The monoisotopic (exact) mass is 489 g/mol. The molecular formula is C26H19FeN5O2. The average molecular weight is 489 g/mol. The minimum Gasteiger partial charge on any atom is -0.355 e. The zero-order valence-electron chi connectivity index (χ0n) is 17.8. The van der Waals surface area contributed by atoms with Gasteiger partial charge in [0.2, 0.25) is 0 Å². The molecule has 7 nitrogen and oxygen atoms in total. The number of benzene rings is 1. The van der Waals surface area contributed by atoms with Gasteiger partial charge in [0, 0.05) is 51.3 Å². The molecule has 2 aliphatic heterocycles. The number of aromatic nitrogens is 4. The Kier molecular flexibility index (Phi) is 6.82. The van der Waals surface area contributed by atoms with Gasteiger partial charge in [0.15, 0.2) is 0 Å². The second kappa shape index (κ2) is 10.1. The van der Waals surface area contributed by atoms with Crippen LogP contribution < -0.4 is 0 Å². The van der Waals surface area contributed by atoms with E-state index >= 15 is 0 Å². The maximum Gasteiger partial charge on any atom is 0.269 e. The van der Waals surface area contributed by atoms with Gasteiger partial charge < -0.3 is 9.97 Å². The SMILES string of the molecule is C1=Cc2cc3ccc(cc4ccc(cc5nc(cc1n2)C=C5)[nH]4)[nH]3.O=[N+]([O-])c1ccccc1.[Fe]. The van der Waals surface area contributed by atoms with Crippen LogP contribution in [0.25, 0.3) is 46.4 Å². The number of hydrogen-bond acceptors (Lipinski definition) is 4. The largest absolute Gasteiger partial charge is 0.355 e. The third kappa shape index (κ3) is 5.56. The Balaban J connectivity index is 0.000000234. The van der Waals surface area contributed by atoms with E-state index in [2.05, 4.69) is 50.3 Å². The Hall–Kier alpha value is -4.26. The number of hydrogen-bond donors (Lipinski definition) is 2. The third-order valence-electron chi connectivity index (χ3n) is 5.01. The summed E-state index contributed by atoms with van der Waals surface area (Å²) >= 11 is 0. The normalized spacial score (nSPS) is 11.3. The average Bonchev–Trinajstić information content (AvgIpc) is 3.61. The van der Waals surface area contributed by atoms with Crippen LogP contribution in [0, 0.1) is 10.1 Å². The van der Waals surface area contributed by atoms with E-state index in [0.29, 0.717) is 0 Å². The quantitative estimate of drug-likeness (QED) is 0.162. The van der Waals surface area contributed by atoms with Crippen LogP contribution in [0.2, 0.25) is 0 Å². The number of nitrogens with one attached hydrogen (secondary N) is 2. The molecule has 0 radical (unpaired) electrons. The molecule has 0 saturated carbocycles. The molecule has 0 unspecified atom stereocenters. The second-order valence-corrected chi connectivity index (χ2v) is 7.50. The fourth-order valence-electron chi connectivity index (χ4n) is 3.49. The van der Waals surface area contributed by atoms with Crippen molar-refractivity contribution in [1.29, 1.82) is 0 Å². The molecule has 3 aromatic heterocycles. The van der Waals surface area contributed by atoms with E-state index in [-0.39, 0.29) is 22.8 Å². The zero-order chi connectivity index (χ0) is 22.6. The smallest absolute Gasteiger partial charge is 0.269 e. The van der Waals surface area contributed by atoms with E-state index in [1.165, 1.54) is 12.1 Å². The number of non-ortho nitro benzene ring substituents is 1. The van der Waals surface area contributed by atoms with Gasteiger partial charge in [0.05, 0.1) is 27.7 Å². The topological polar surface area (TPSA) is 101 Å². The summed E-state index contributed by atoms with van der Waals surface area (Å²) in [5.74, 6) is 0. The van der Waals surface area contributed by atoms with Gasteiger partial charge in [0.25, 0.3) is 5.69 Å². The maximum absolute atomic E-state index is 10.0. The van der Waals surface area contributed by atoms with Crippen molar-refractivity contribution in [2.45, 2.75) is 0 Å². The summed E-state index contributed by atoms with van der Waals surface area (Å²) in [5.41, 5.74) is 8.00. The molecule has 0 spiro atoms. The second-order valence-electron chi connectivity index (χ2n) is 7.50. The number of aromatic amines is 2. The number of para-hydroxylation sites is 1. The summed E-state index contributed by atoms with van der Waals surface area (Å²) in [6.07, 6.45) is 8.05. The zero-order valence-corrected chi connectivity index (χ0v) is 18.9. The Labute approximate surface area is 205 Å². The van der Waals surface area contributed by atoms with Gasteiger partial charge in [-0.3, -0.25) is 10.1 Å². The molecule has 6 rings (SSSR count). The molecule has 2 N–H and O–H groups in total. The molecule has 4 aromatic rings. The molecule has 0 aliphatic carbocycles. The fourth-order valence-corrected chi connectivity index (χ4v) is 3.49. The van der Waals surface area contributed by atoms with E-state index in [0.717, 1.165) is 44.8 Å². The number of nitrogens with zero attached hydrogens (tertiary/aromatic N) is 3. The Morgan fingerprint density at radius 2 is 1.00 bits per heavy atom. The molecule has 5 heterocycles. The predicted molar refractivity (Wildman–Crippen MR) is 132 cm³/mol. The summed E-state index contributed by atoms with van der Waals surface area (Å²) in [7, 11) is 0. The third-order valence-corrected chi connectivity index (χ3v) is 5.01. The van der Waals surface area contributed by atoms with Gasteiger partial charge in [0.1, 0.15) is 0 Å². The Bertz CT molecular complexity index is 1460. The van der Waals surface area contributed by atoms with Crippen LogP contribution in [-0.2, 0) is 17.1 Å². The standard InChI is InChI=1S/C20H14N4.C6H5NO2.Fe/c1-2-14-10-16-5-6-18(23-16)12-20-8-7-19(24-20)11-17-4-3-15(22-17)9-13(1)21-14;8-7(9)6-4-2-1-3-5-6;/h1-12,21-22H;1-5H;. The molecule has 8 bridgehead atoms. The molecule has 0 atom stereocenters. The number of rotatable bonds is 1. The summed E-state index contributed by atoms with van der Waals surface area (Å²) in [6, 6.07) is 24.3. The minimum absolute atomic E-state index is 0. The number of H-pyrrole nitrogens is 2. The Morgan fingerprint density at radius 1 is 0.588 bits per heavy atom. The van der Waals surface area contributed by atoms with Crippen LogP contribution in [0.3, 0.4) is 0 Å². The molecule has 34 heavy (non-hydrogen) atoms.